The van der Waals surface area contributed by atoms with E-state index < -0.39 is 8.37 Å². The number of hydrogen-bond acceptors (Lipinski definition) is 0. The standard InChI is InChI=1S/C6H6.2CF3I/c1-2-4-6-5-3-1;2*2-1(3,4)5/h1-6H;;. The van der Waals surface area contributed by atoms with Gasteiger partial charge in [0.2, 0.25) is 0 Å². The summed E-state index contributed by atoms with van der Waals surface area (Å²) in [6, 6.07) is 12.0. The third kappa shape index (κ3) is 64.0. The van der Waals surface area contributed by atoms with Crippen molar-refractivity contribution in [2.45, 2.75) is 8.37 Å². The second kappa shape index (κ2) is 9.31. The van der Waals surface area contributed by atoms with Crippen LogP contribution in [0.1, 0.15) is 0 Å². The number of halogens is 8. The lowest BCUT2D eigenvalue weighted by Crippen LogP contribution is -1.87. The van der Waals surface area contributed by atoms with E-state index in [0.717, 1.165) is 0 Å². The van der Waals surface area contributed by atoms with E-state index in [1.54, 1.807) is 0 Å². The zero-order valence-electron chi connectivity index (χ0n) is 7.49. The molecule has 94 valence electrons. The van der Waals surface area contributed by atoms with Crippen molar-refractivity contribution in [2.75, 3.05) is 0 Å². The van der Waals surface area contributed by atoms with Crippen LogP contribution in [0.15, 0.2) is 36.4 Å². The van der Waals surface area contributed by atoms with Crippen molar-refractivity contribution in [3.8, 4) is 0 Å². The molecule has 0 aliphatic heterocycles. The Kier molecular flexibility index (Phi) is 10.8. The van der Waals surface area contributed by atoms with E-state index >= 15 is 0 Å². The van der Waals surface area contributed by atoms with Crippen LogP contribution in [0.3, 0.4) is 0 Å². The van der Waals surface area contributed by atoms with Crippen molar-refractivity contribution in [1.82, 2.24) is 0 Å². The Morgan fingerprint density at radius 2 is 0.562 bits per heavy atom. The fraction of sp³-hybridized carbons (Fsp3) is 0.250. The first-order valence-corrected chi connectivity index (χ1v) is 5.67. The maximum atomic E-state index is 10.3. The molecule has 0 N–H and O–H groups in total. The summed E-state index contributed by atoms with van der Waals surface area (Å²) >= 11 is 0.755. The number of benzene rings is 1. The van der Waals surface area contributed by atoms with Crippen molar-refractivity contribution in [1.29, 1.82) is 0 Å². The molecule has 0 bridgehead atoms. The van der Waals surface area contributed by atoms with Gasteiger partial charge in [-0.1, -0.05) is 36.4 Å². The van der Waals surface area contributed by atoms with Gasteiger partial charge in [-0.05, 0) is 0 Å². The van der Waals surface area contributed by atoms with Gasteiger partial charge >= 0.3 is 8.37 Å². The summed E-state index contributed by atoms with van der Waals surface area (Å²) < 4.78 is 54.0. The predicted molar refractivity (Wildman–Crippen MR) is 66.6 cm³/mol. The summed E-state index contributed by atoms with van der Waals surface area (Å²) in [5.41, 5.74) is 0. The predicted octanol–water partition coefficient (Wildman–Crippen LogP) is 5.57. The maximum Gasteiger partial charge on any atom is 0.441 e. The molecule has 0 aromatic heterocycles. The van der Waals surface area contributed by atoms with Crippen LogP contribution in [0.4, 0.5) is 26.3 Å². The molecule has 0 amide bonds. The summed E-state index contributed by atoms with van der Waals surface area (Å²) in [5, 5.41) is 0. The third-order valence-corrected chi connectivity index (χ3v) is 0.667. The fourth-order valence-corrected chi connectivity index (χ4v) is 0.385. The minimum Gasteiger partial charge on any atom is -0.161 e. The molecular weight excluding hydrogens is 464 g/mol. The summed E-state index contributed by atoms with van der Waals surface area (Å²) in [4.78, 5) is 0. The minimum absolute atomic E-state index is 0.378. The quantitative estimate of drug-likeness (QED) is 0.265. The first-order chi connectivity index (χ1) is 7.00. The van der Waals surface area contributed by atoms with E-state index in [1.807, 2.05) is 36.4 Å². The lowest BCUT2D eigenvalue weighted by atomic mass is 10.4. The molecule has 0 atom stereocenters. The maximum absolute atomic E-state index is 10.3. The molecule has 0 saturated carbocycles. The second-order valence-corrected chi connectivity index (χ2v) is 4.46. The molecule has 0 fully saturated rings. The number of alkyl halides is 8. The highest BCUT2D eigenvalue weighted by Gasteiger charge is 2.19. The minimum atomic E-state index is -4.03. The SMILES string of the molecule is FC(F)(F)I.FC(F)(F)I.c1ccccc1. The molecule has 8 heteroatoms. The molecule has 1 aromatic rings. The van der Waals surface area contributed by atoms with Gasteiger partial charge in [-0.15, -0.1) is 0 Å². The van der Waals surface area contributed by atoms with Gasteiger partial charge < -0.3 is 0 Å². The van der Waals surface area contributed by atoms with E-state index in [9.17, 15) is 26.3 Å². The molecule has 0 heterocycles. The average Bonchev–Trinajstić information content (AvgIpc) is 2.01. The largest absolute Gasteiger partial charge is 0.441 e. The summed E-state index contributed by atoms with van der Waals surface area (Å²) in [5.74, 6) is 0. The molecule has 1 rings (SSSR count). The van der Waals surface area contributed by atoms with Crippen LogP contribution in [0.5, 0.6) is 0 Å². The molecule has 0 unspecified atom stereocenters. The first kappa shape index (κ1) is 18.6. The Morgan fingerprint density at radius 1 is 0.500 bits per heavy atom. The van der Waals surface area contributed by atoms with Crippen molar-refractivity contribution in [3.63, 3.8) is 0 Å². The van der Waals surface area contributed by atoms with E-state index in [-0.39, 0.29) is 0 Å². The average molecular weight is 470 g/mol. The topological polar surface area (TPSA) is 0 Å². The first-order valence-electron chi connectivity index (χ1n) is 3.51. The molecule has 0 spiro atoms. The lowest BCUT2D eigenvalue weighted by molar-refractivity contribution is -0.0134. The van der Waals surface area contributed by atoms with Crippen LogP contribution in [-0.2, 0) is 0 Å². The van der Waals surface area contributed by atoms with Crippen LogP contribution in [-0.4, -0.2) is 8.37 Å². The van der Waals surface area contributed by atoms with Gasteiger partial charge in [-0.3, -0.25) is 0 Å². The highest BCUT2D eigenvalue weighted by atomic mass is 127. The number of hydrogen-bond donors (Lipinski definition) is 0. The third-order valence-electron chi connectivity index (χ3n) is 0.667. The van der Waals surface area contributed by atoms with Gasteiger partial charge in [0.05, 0.1) is 0 Å². The molecule has 0 saturated heterocycles. The zero-order chi connectivity index (χ0) is 13.2. The van der Waals surface area contributed by atoms with Crippen molar-refractivity contribution in [2.24, 2.45) is 0 Å². The highest BCUT2D eigenvalue weighted by molar-refractivity contribution is 14.1. The monoisotopic (exact) mass is 470 g/mol. The van der Waals surface area contributed by atoms with Gasteiger partial charge in [0.1, 0.15) is 0 Å². The molecule has 0 aliphatic carbocycles. The van der Waals surface area contributed by atoms with E-state index in [1.165, 1.54) is 0 Å². The normalized spacial score (nSPS) is 10.5. The van der Waals surface area contributed by atoms with Crippen molar-refractivity contribution < 1.29 is 26.3 Å². The van der Waals surface area contributed by atoms with Crippen molar-refractivity contribution >= 4 is 45.2 Å². The van der Waals surface area contributed by atoms with Gasteiger partial charge in [-0.25, -0.2) is 0 Å². The van der Waals surface area contributed by atoms with Crippen LogP contribution in [0.25, 0.3) is 0 Å². The van der Waals surface area contributed by atoms with Crippen molar-refractivity contribution in [3.05, 3.63) is 36.4 Å². The van der Waals surface area contributed by atoms with E-state index in [0.29, 0.717) is 45.2 Å². The molecule has 0 nitrogen and oxygen atoms in total. The van der Waals surface area contributed by atoms with Crippen LogP contribution >= 0.6 is 45.2 Å². The van der Waals surface area contributed by atoms with Gasteiger partial charge in [-0.2, -0.15) is 26.3 Å². The summed E-state index contributed by atoms with van der Waals surface area (Å²) in [6.45, 7) is 0. The Morgan fingerprint density at radius 3 is 0.625 bits per heavy atom. The smallest absolute Gasteiger partial charge is 0.161 e. The highest BCUT2D eigenvalue weighted by Crippen LogP contribution is 2.22. The Hall–Kier alpha value is 0.260. The van der Waals surface area contributed by atoms with E-state index in [4.69, 9.17) is 0 Å². The van der Waals surface area contributed by atoms with E-state index in [2.05, 4.69) is 0 Å². The van der Waals surface area contributed by atoms with Crippen LogP contribution < -0.4 is 0 Å². The Bertz CT molecular complexity index is 192. The molecule has 0 aliphatic rings. The summed E-state index contributed by atoms with van der Waals surface area (Å²) in [6.07, 6.45) is 0. The Labute approximate surface area is 116 Å². The molecule has 0 radical (unpaired) electrons. The molecule has 1 aromatic carbocycles. The van der Waals surface area contributed by atoms with Crippen LogP contribution in [0, 0.1) is 0 Å². The fourth-order valence-electron chi connectivity index (χ4n) is 0.385. The zero-order valence-corrected chi connectivity index (χ0v) is 11.8. The molecular formula is C8H6F6I2. The van der Waals surface area contributed by atoms with Crippen LogP contribution in [0.2, 0.25) is 0 Å². The molecule has 16 heavy (non-hydrogen) atoms. The van der Waals surface area contributed by atoms with Gasteiger partial charge in [0.15, 0.2) is 0 Å². The van der Waals surface area contributed by atoms with Gasteiger partial charge in [0, 0.05) is 45.2 Å². The second-order valence-electron chi connectivity index (χ2n) is 2.01. The number of rotatable bonds is 0. The Balaban J connectivity index is 0. The summed E-state index contributed by atoms with van der Waals surface area (Å²) in [7, 11) is 0. The lowest BCUT2D eigenvalue weighted by Gasteiger charge is -1.85. The van der Waals surface area contributed by atoms with Gasteiger partial charge in [0.25, 0.3) is 0 Å².